The van der Waals surface area contributed by atoms with Crippen LogP contribution >= 0.6 is 0 Å². The van der Waals surface area contributed by atoms with Crippen LogP contribution in [-0.4, -0.2) is 13.1 Å². The van der Waals surface area contributed by atoms with E-state index in [9.17, 15) is 0 Å². The summed E-state index contributed by atoms with van der Waals surface area (Å²) in [6.45, 7) is 1.10. The van der Waals surface area contributed by atoms with Crippen LogP contribution in [0.5, 0.6) is 0 Å². The molecule has 0 bridgehead atoms. The van der Waals surface area contributed by atoms with E-state index in [1.165, 1.54) is 0 Å². The molecule has 0 heterocycles. The van der Waals surface area contributed by atoms with Crippen molar-refractivity contribution in [2.75, 3.05) is 13.1 Å². The summed E-state index contributed by atoms with van der Waals surface area (Å²) in [4.78, 5) is 0. The first kappa shape index (κ1) is 5.25. The molecular weight excluding hydrogens is 78.1 g/mol. The molecule has 34 valence electrons. The Kier molecular flexibility index (Phi) is 3.72. The highest BCUT2D eigenvalue weighted by Gasteiger charge is 1.69. The molecule has 0 aliphatic rings. The van der Waals surface area contributed by atoms with Gasteiger partial charge >= 0.3 is 0 Å². The molecule has 0 aromatic heterocycles. The Bertz CT molecular complexity index is 53.5. The third kappa shape index (κ3) is 3.25. The maximum Gasteiger partial charge on any atom is 0.176 e. The fourth-order valence-electron chi connectivity index (χ4n) is 0.128. The standard InChI is InChI=1S/C3H7N3/c4-1-2-6-3-5/h6H,1-2,4H2. The lowest BCUT2D eigenvalue weighted by atomic mass is 10.7. The van der Waals surface area contributed by atoms with E-state index in [0.717, 1.165) is 0 Å². The summed E-state index contributed by atoms with van der Waals surface area (Å²) < 4.78 is 0. The van der Waals surface area contributed by atoms with Crippen LogP contribution in [0.3, 0.4) is 0 Å². The minimum atomic E-state index is 0.521. The number of nitrogens with two attached hydrogens (primary N) is 1. The summed E-state index contributed by atoms with van der Waals surface area (Å²) in [7, 11) is 0. The van der Waals surface area contributed by atoms with Crippen molar-refractivity contribution >= 4 is 0 Å². The van der Waals surface area contributed by atoms with Gasteiger partial charge in [0.1, 0.15) is 0 Å². The second-order valence-corrected chi connectivity index (χ2v) is 0.827. The quantitative estimate of drug-likeness (QED) is 0.257. The smallest absolute Gasteiger partial charge is 0.176 e. The summed E-state index contributed by atoms with van der Waals surface area (Å²) >= 11 is 0. The lowest BCUT2D eigenvalue weighted by Crippen LogP contribution is -2.16. The van der Waals surface area contributed by atoms with Crippen LogP contribution in [0.25, 0.3) is 0 Å². The Morgan fingerprint density at radius 3 is 2.67 bits per heavy atom. The SMILES string of the molecule is N#CNCCN. The van der Waals surface area contributed by atoms with Gasteiger partial charge in [-0.05, 0) is 0 Å². The van der Waals surface area contributed by atoms with Crippen molar-refractivity contribution in [3.63, 3.8) is 0 Å². The summed E-state index contributed by atoms with van der Waals surface area (Å²) in [6.07, 6.45) is 1.74. The number of nitrogens with zero attached hydrogens (tertiary/aromatic N) is 1. The fourth-order valence-corrected chi connectivity index (χ4v) is 0.128. The van der Waals surface area contributed by atoms with E-state index in [-0.39, 0.29) is 0 Å². The summed E-state index contributed by atoms with van der Waals surface area (Å²) in [5.74, 6) is 0. The normalized spacial score (nSPS) is 6.67. The Labute approximate surface area is 36.8 Å². The zero-order chi connectivity index (χ0) is 4.83. The van der Waals surface area contributed by atoms with E-state index in [1.54, 1.807) is 6.19 Å². The molecule has 3 N–H and O–H groups in total. The Hall–Kier alpha value is -0.750. The number of rotatable bonds is 2. The molecule has 0 saturated heterocycles. The predicted octanol–water partition coefficient (Wildman–Crippen LogP) is -0.984. The first-order chi connectivity index (χ1) is 2.91. The molecule has 3 heteroatoms. The molecule has 0 fully saturated rings. The van der Waals surface area contributed by atoms with Crippen LogP contribution in [0.1, 0.15) is 0 Å². The molecule has 0 rings (SSSR count). The van der Waals surface area contributed by atoms with E-state index in [2.05, 4.69) is 5.32 Å². The molecule has 0 saturated carbocycles. The van der Waals surface area contributed by atoms with Gasteiger partial charge in [-0.2, -0.15) is 5.26 Å². The fraction of sp³-hybridized carbons (Fsp3) is 0.667. The van der Waals surface area contributed by atoms with E-state index in [4.69, 9.17) is 11.0 Å². The minimum absolute atomic E-state index is 0.521. The van der Waals surface area contributed by atoms with Gasteiger partial charge in [-0.15, -0.1) is 0 Å². The third-order valence-electron chi connectivity index (χ3n) is 0.348. The van der Waals surface area contributed by atoms with Crippen molar-refractivity contribution in [3.8, 4) is 6.19 Å². The van der Waals surface area contributed by atoms with Crippen molar-refractivity contribution in [1.29, 1.82) is 5.26 Å². The van der Waals surface area contributed by atoms with Gasteiger partial charge in [-0.25, -0.2) is 0 Å². The van der Waals surface area contributed by atoms with Gasteiger partial charge in [-0.3, -0.25) is 0 Å². The highest BCUT2D eigenvalue weighted by molar-refractivity contribution is 4.63. The van der Waals surface area contributed by atoms with Crippen molar-refractivity contribution in [1.82, 2.24) is 5.32 Å². The molecule has 0 aliphatic carbocycles. The van der Waals surface area contributed by atoms with Crippen molar-refractivity contribution in [2.45, 2.75) is 0 Å². The lowest BCUT2D eigenvalue weighted by Gasteiger charge is -1.84. The number of hydrogen-bond donors (Lipinski definition) is 2. The topological polar surface area (TPSA) is 61.8 Å². The molecular formula is C3H7N3. The number of nitrogens with one attached hydrogen (secondary N) is 1. The average molecular weight is 85.1 g/mol. The molecule has 0 atom stereocenters. The highest BCUT2D eigenvalue weighted by Crippen LogP contribution is 1.42. The van der Waals surface area contributed by atoms with Gasteiger partial charge < -0.3 is 11.1 Å². The molecule has 6 heavy (non-hydrogen) atoms. The van der Waals surface area contributed by atoms with Gasteiger partial charge in [0.2, 0.25) is 0 Å². The molecule has 3 nitrogen and oxygen atoms in total. The summed E-state index contributed by atoms with van der Waals surface area (Å²) in [6, 6.07) is 0. The molecule has 0 amide bonds. The maximum absolute atomic E-state index is 7.78. The predicted molar refractivity (Wildman–Crippen MR) is 22.7 cm³/mol. The van der Waals surface area contributed by atoms with E-state index in [1.807, 2.05) is 0 Å². The summed E-state index contributed by atoms with van der Waals surface area (Å²) in [5.41, 5.74) is 5.00. The van der Waals surface area contributed by atoms with Crippen LogP contribution in [0, 0.1) is 11.5 Å². The van der Waals surface area contributed by atoms with Crippen LogP contribution in [0.15, 0.2) is 0 Å². The van der Waals surface area contributed by atoms with Crippen LogP contribution in [0.2, 0.25) is 0 Å². The third-order valence-corrected chi connectivity index (χ3v) is 0.348. The van der Waals surface area contributed by atoms with E-state index < -0.39 is 0 Å². The van der Waals surface area contributed by atoms with Gasteiger partial charge in [0, 0.05) is 13.1 Å². The second-order valence-electron chi connectivity index (χ2n) is 0.827. The zero-order valence-electron chi connectivity index (χ0n) is 3.44. The van der Waals surface area contributed by atoms with Crippen LogP contribution in [-0.2, 0) is 0 Å². The molecule has 0 unspecified atom stereocenters. The first-order valence-electron chi connectivity index (χ1n) is 1.74. The van der Waals surface area contributed by atoms with Crippen molar-refractivity contribution in [3.05, 3.63) is 0 Å². The second kappa shape index (κ2) is 4.25. The van der Waals surface area contributed by atoms with Crippen LogP contribution in [0.4, 0.5) is 0 Å². The van der Waals surface area contributed by atoms with Crippen molar-refractivity contribution < 1.29 is 0 Å². The molecule has 0 aromatic rings. The Morgan fingerprint density at radius 2 is 2.50 bits per heavy atom. The monoisotopic (exact) mass is 85.1 g/mol. The average Bonchev–Trinajstić information content (AvgIpc) is 1.61. The first-order valence-corrected chi connectivity index (χ1v) is 1.74. The van der Waals surface area contributed by atoms with Gasteiger partial charge in [0.15, 0.2) is 6.19 Å². The Morgan fingerprint density at radius 1 is 1.83 bits per heavy atom. The highest BCUT2D eigenvalue weighted by atomic mass is 14.9. The molecule has 0 aliphatic heterocycles. The van der Waals surface area contributed by atoms with Crippen molar-refractivity contribution in [2.24, 2.45) is 5.73 Å². The molecule has 0 spiro atoms. The number of nitriles is 1. The van der Waals surface area contributed by atoms with E-state index in [0.29, 0.717) is 13.1 Å². The minimum Gasteiger partial charge on any atom is -0.329 e. The Balaban J connectivity index is 2.54. The number of hydrogen-bond acceptors (Lipinski definition) is 3. The maximum atomic E-state index is 7.78. The molecule has 0 aromatic carbocycles. The summed E-state index contributed by atoms with van der Waals surface area (Å²) in [5, 5.41) is 10.2. The van der Waals surface area contributed by atoms with Gasteiger partial charge in [0.05, 0.1) is 0 Å². The largest absolute Gasteiger partial charge is 0.329 e. The zero-order valence-corrected chi connectivity index (χ0v) is 3.44. The van der Waals surface area contributed by atoms with Gasteiger partial charge in [0.25, 0.3) is 0 Å². The van der Waals surface area contributed by atoms with E-state index >= 15 is 0 Å². The van der Waals surface area contributed by atoms with Gasteiger partial charge in [-0.1, -0.05) is 0 Å². The molecule has 0 radical (unpaired) electrons. The lowest BCUT2D eigenvalue weighted by molar-refractivity contribution is 0.854. The van der Waals surface area contributed by atoms with Crippen LogP contribution < -0.4 is 11.1 Å².